The summed E-state index contributed by atoms with van der Waals surface area (Å²) in [7, 11) is 0. The van der Waals surface area contributed by atoms with Gasteiger partial charge in [-0.15, -0.1) is 0 Å². The minimum atomic E-state index is -0.387. The van der Waals surface area contributed by atoms with Crippen LogP contribution in [0.15, 0.2) is 396 Å². The van der Waals surface area contributed by atoms with Crippen LogP contribution in [-0.2, 0) is 63.8 Å². The van der Waals surface area contributed by atoms with Crippen molar-refractivity contribution in [1.82, 2.24) is 0 Å². The maximum Gasteiger partial charge on any atom is 0.330 e. The lowest BCUT2D eigenvalue weighted by molar-refractivity contribution is -0.138. The molecule has 0 saturated heterocycles. The Morgan fingerprint density at radius 1 is 0.196 bits per heavy atom. The second kappa shape index (κ2) is 49.9. The van der Waals surface area contributed by atoms with Crippen LogP contribution < -0.4 is 19.6 Å². The highest BCUT2D eigenvalue weighted by molar-refractivity contribution is 5.87. The largest absolute Gasteiger partial charge is 0.462 e. The van der Waals surface area contributed by atoms with Crippen molar-refractivity contribution in [3.8, 4) is 44.5 Å². The maximum atomic E-state index is 11.2. The van der Waals surface area contributed by atoms with E-state index in [9.17, 15) is 19.2 Å². The standard InChI is InChI=1S/3C33H33NO2.C32H31NO2/c1-6-33(35)36-20-19-27-9-11-28(12-10-27)29-13-16-30(17-14-29)34(31-15-8-24(3)25(4)22-31)32-18-7-23(2)21-26(32)5;1-6-33(35)36-20-19-27-9-11-28(12-10-27)29-13-17-30(18-14-29)34(31-15-7-23(2)25(4)21-31)32-16-8-24(3)26(5)22-32;1-6-32(35)36-20-19-27-9-11-28(12-10-27)29-13-17-31(18-14-29)34(30-15-7-23(2)8-16-30)33-25(4)21-24(3)22-26(33)5;1-5-32(34)35-21-20-26-9-11-27(12-10-26)28-13-18-30(19-14-28)33(29-15-6-23(2)7-16-29)31-17-8-24(3)25(4)22-31/h3*6-18,21-22H,1,19-20H2,2-5H3;5-19,22H,1,20-21H2,2-4H3. The smallest absolute Gasteiger partial charge is 0.330 e. The van der Waals surface area contributed by atoms with Crippen LogP contribution in [-0.4, -0.2) is 50.3 Å². The van der Waals surface area contributed by atoms with E-state index in [0.717, 1.165) is 124 Å². The summed E-state index contributed by atoms with van der Waals surface area (Å²) in [5.74, 6) is -1.55. The zero-order valence-corrected chi connectivity index (χ0v) is 85.3. The average Bonchev–Trinajstić information content (AvgIpc) is 0.761. The third kappa shape index (κ3) is 28.2. The van der Waals surface area contributed by atoms with Gasteiger partial charge in [-0.3, -0.25) is 0 Å². The number of ether oxygens (including phenoxy) is 4. The van der Waals surface area contributed by atoms with Gasteiger partial charge in [-0.2, -0.15) is 0 Å². The summed E-state index contributed by atoms with van der Waals surface area (Å²) in [6, 6.07) is 123. The summed E-state index contributed by atoms with van der Waals surface area (Å²) in [6.45, 7) is 47.4. The van der Waals surface area contributed by atoms with Gasteiger partial charge in [0.25, 0.3) is 0 Å². The third-order valence-corrected chi connectivity index (χ3v) is 25.9. The lowest BCUT2D eigenvalue weighted by Crippen LogP contribution is -2.13. The van der Waals surface area contributed by atoms with Crippen molar-refractivity contribution in [3.05, 3.63) is 502 Å². The molecule has 16 aromatic rings. The van der Waals surface area contributed by atoms with E-state index in [1.807, 2.05) is 0 Å². The highest BCUT2D eigenvalue weighted by Crippen LogP contribution is 2.45. The number of nitrogens with zero attached hydrogens (tertiary/aromatic N) is 4. The normalized spacial score (nSPS) is 10.7. The monoisotopic (exact) mass is 1890 g/mol. The number of benzene rings is 16. The molecule has 16 rings (SSSR count). The number of carbonyl (C=O) groups excluding carboxylic acids is 4. The molecule has 12 nitrogen and oxygen atoms in total. The van der Waals surface area contributed by atoms with Crippen LogP contribution in [0.1, 0.15) is 106 Å². The Kier molecular flexibility index (Phi) is 36.3. The summed E-state index contributed by atoms with van der Waals surface area (Å²) in [5.41, 5.74) is 46.5. The Balaban J connectivity index is 0.000000160. The van der Waals surface area contributed by atoms with Gasteiger partial charge in [0.1, 0.15) is 0 Å². The minimum Gasteiger partial charge on any atom is -0.462 e. The van der Waals surface area contributed by atoms with Crippen LogP contribution in [0, 0.1) is 104 Å². The Bertz CT molecular complexity index is 7030. The van der Waals surface area contributed by atoms with Crippen molar-refractivity contribution in [1.29, 1.82) is 0 Å². The molecular weight excluding hydrogens is 1760 g/mol. The number of rotatable bonds is 32. The first-order chi connectivity index (χ1) is 69.0. The Morgan fingerprint density at radius 2 is 0.399 bits per heavy atom. The molecule has 0 saturated carbocycles. The SMILES string of the molecule is C=CC(=O)OCCc1ccc(-c2ccc(N(c3ccc(C)c(C)c3)c3ccc(C)c(C)c3)cc2)cc1.C=CC(=O)OCCc1ccc(-c2ccc(N(c3ccc(C)c(C)c3)c3ccc(C)cc3C)cc2)cc1.C=CC(=O)OCCc1ccc(-c2ccc(N(c3ccc(C)cc3)c3c(C)cc(C)cc3C)cc2)cc1.C=CC(=O)OCCc1ccc(-c2ccc(N(c3ccc(C)cc3)c3ccc(C)c(C)c3)cc2)cc1. The molecule has 16 aromatic carbocycles. The van der Waals surface area contributed by atoms with E-state index in [1.54, 1.807) is 0 Å². The Labute approximate surface area is 846 Å². The number of aryl methyl sites for hydroxylation is 15. The first-order valence-electron chi connectivity index (χ1n) is 48.7. The van der Waals surface area contributed by atoms with Crippen molar-refractivity contribution >= 4 is 92.1 Å². The molecule has 0 aliphatic heterocycles. The molecule has 0 amide bonds. The summed E-state index contributed by atoms with van der Waals surface area (Å²) >= 11 is 0. The fourth-order valence-corrected chi connectivity index (χ4v) is 17.1. The van der Waals surface area contributed by atoms with Gasteiger partial charge >= 0.3 is 23.9 Å². The van der Waals surface area contributed by atoms with E-state index in [1.165, 1.54) is 119 Å². The van der Waals surface area contributed by atoms with Gasteiger partial charge < -0.3 is 38.5 Å². The molecule has 0 radical (unpaired) electrons. The molecule has 0 unspecified atom stereocenters. The van der Waals surface area contributed by atoms with Gasteiger partial charge in [-0.1, -0.05) is 267 Å². The molecule has 143 heavy (non-hydrogen) atoms. The lowest BCUT2D eigenvalue weighted by Gasteiger charge is -2.29. The second-order valence-electron chi connectivity index (χ2n) is 36.6. The second-order valence-corrected chi connectivity index (χ2v) is 36.6. The molecule has 0 heterocycles. The highest BCUT2D eigenvalue weighted by atomic mass is 16.5. The fourth-order valence-electron chi connectivity index (χ4n) is 17.1. The fraction of sp³-hybridized carbons (Fsp3) is 0.176. The molecule has 0 aliphatic carbocycles. The zero-order chi connectivity index (χ0) is 102. The van der Waals surface area contributed by atoms with Gasteiger partial charge in [0, 0.05) is 113 Å². The van der Waals surface area contributed by atoms with Crippen LogP contribution >= 0.6 is 0 Å². The van der Waals surface area contributed by atoms with Gasteiger partial charge in [-0.25, -0.2) is 19.2 Å². The van der Waals surface area contributed by atoms with Gasteiger partial charge in [-0.05, 0) is 359 Å². The molecule has 0 aromatic heterocycles. The van der Waals surface area contributed by atoms with Crippen molar-refractivity contribution in [3.63, 3.8) is 0 Å². The first-order valence-corrected chi connectivity index (χ1v) is 48.7. The molecule has 12 heteroatoms. The van der Waals surface area contributed by atoms with Gasteiger partial charge in [0.15, 0.2) is 0 Å². The quantitative estimate of drug-likeness (QED) is 0.0227. The molecule has 722 valence electrons. The van der Waals surface area contributed by atoms with Crippen molar-refractivity contribution in [2.45, 2.75) is 130 Å². The predicted octanol–water partition coefficient (Wildman–Crippen LogP) is 33.0. The predicted molar refractivity (Wildman–Crippen MR) is 597 cm³/mol. The van der Waals surface area contributed by atoms with Gasteiger partial charge in [0.2, 0.25) is 0 Å². The molecule has 0 spiro atoms. The minimum absolute atomic E-state index is 0.353. The number of carbonyl (C=O) groups is 4. The van der Waals surface area contributed by atoms with Crippen molar-refractivity contribution in [2.75, 3.05) is 46.0 Å². The summed E-state index contributed by atoms with van der Waals surface area (Å²) in [6.07, 6.45) is 7.47. The first kappa shape index (κ1) is 104. The van der Waals surface area contributed by atoms with Crippen LogP contribution in [0.2, 0.25) is 0 Å². The average molecular weight is 1890 g/mol. The summed E-state index contributed by atoms with van der Waals surface area (Å²) in [5, 5.41) is 0. The van der Waals surface area contributed by atoms with E-state index in [4.69, 9.17) is 18.9 Å². The van der Waals surface area contributed by atoms with E-state index in [-0.39, 0.29) is 23.9 Å². The number of hydrogen-bond donors (Lipinski definition) is 0. The van der Waals surface area contributed by atoms with E-state index in [2.05, 4.69) is 496 Å². The molecule has 0 aliphatic rings. The molecular formula is C131H130N4O8. The summed E-state index contributed by atoms with van der Waals surface area (Å²) < 4.78 is 20.3. The van der Waals surface area contributed by atoms with Crippen molar-refractivity contribution in [2.24, 2.45) is 0 Å². The third-order valence-electron chi connectivity index (χ3n) is 25.9. The molecule has 0 bridgehead atoms. The summed E-state index contributed by atoms with van der Waals surface area (Å²) in [4.78, 5) is 54.1. The Hall–Kier alpha value is -16.4. The van der Waals surface area contributed by atoms with E-state index in [0.29, 0.717) is 52.1 Å². The highest BCUT2D eigenvalue weighted by Gasteiger charge is 2.23. The van der Waals surface area contributed by atoms with E-state index >= 15 is 0 Å². The van der Waals surface area contributed by atoms with Crippen molar-refractivity contribution < 1.29 is 38.1 Å². The number of anilines is 12. The Morgan fingerprint density at radius 3 is 0.643 bits per heavy atom. The zero-order valence-electron chi connectivity index (χ0n) is 85.3. The molecule has 0 atom stereocenters. The van der Waals surface area contributed by atoms with Crippen LogP contribution in [0.3, 0.4) is 0 Å². The topological polar surface area (TPSA) is 118 Å². The van der Waals surface area contributed by atoms with Crippen LogP contribution in [0.5, 0.6) is 0 Å². The number of hydrogen-bond acceptors (Lipinski definition) is 12. The lowest BCUT2D eigenvalue weighted by atomic mass is 10.0. The molecule has 0 fully saturated rings. The number of esters is 4. The van der Waals surface area contributed by atoms with Crippen LogP contribution in [0.25, 0.3) is 44.5 Å². The molecule has 0 N–H and O–H groups in total. The maximum absolute atomic E-state index is 11.2. The van der Waals surface area contributed by atoms with Gasteiger partial charge in [0.05, 0.1) is 32.1 Å². The van der Waals surface area contributed by atoms with Crippen LogP contribution in [0.4, 0.5) is 68.2 Å². The van der Waals surface area contributed by atoms with E-state index < -0.39 is 0 Å².